The van der Waals surface area contributed by atoms with Gasteiger partial charge in [0.1, 0.15) is 0 Å². The normalized spacial score (nSPS) is 11.6. The lowest BCUT2D eigenvalue weighted by Crippen LogP contribution is -1.89. The summed E-state index contributed by atoms with van der Waals surface area (Å²) in [4.78, 5) is 0. The van der Waals surface area contributed by atoms with Gasteiger partial charge in [-0.1, -0.05) is 30.4 Å². The molecule has 72 valence electrons. The molecule has 0 spiro atoms. The van der Waals surface area contributed by atoms with Crippen LogP contribution in [-0.4, -0.2) is 4.57 Å². The highest BCUT2D eigenvalue weighted by molar-refractivity contribution is 5.89. The van der Waals surface area contributed by atoms with E-state index in [0.29, 0.717) is 0 Å². The number of hydrogen-bond acceptors (Lipinski definition) is 0. The van der Waals surface area contributed by atoms with Gasteiger partial charge in [0.05, 0.1) is 0 Å². The zero-order valence-corrected chi connectivity index (χ0v) is 8.70. The monoisotopic (exact) mass is 185 g/mol. The van der Waals surface area contributed by atoms with Crippen molar-refractivity contribution in [1.29, 1.82) is 0 Å². The predicted molar refractivity (Wildman–Crippen MR) is 62.3 cm³/mol. The molecule has 0 atom stereocenters. The maximum atomic E-state index is 2.28. The summed E-state index contributed by atoms with van der Waals surface area (Å²) in [7, 11) is 0. The minimum absolute atomic E-state index is 1.03. The summed E-state index contributed by atoms with van der Waals surface area (Å²) < 4.78 is 2.28. The maximum absolute atomic E-state index is 2.28. The number of rotatable bonds is 2. The van der Waals surface area contributed by atoms with Crippen molar-refractivity contribution in [2.75, 3.05) is 0 Å². The summed E-state index contributed by atoms with van der Waals surface area (Å²) in [6.45, 7) is 5.25. The fourth-order valence-electron chi connectivity index (χ4n) is 1.85. The highest BCUT2D eigenvalue weighted by Crippen LogP contribution is 2.22. The standard InChI is InChI=1S/C13H15N/c1-3-7-11-10-14(4-2)13-9-6-5-8-12(11)13/h3,5-10H,4H2,1-2H3/b7-3-. The molecular weight excluding hydrogens is 170 g/mol. The third kappa shape index (κ3) is 1.35. The first-order chi connectivity index (χ1) is 6.86. The van der Waals surface area contributed by atoms with Crippen molar-refractivity contribution in [3.8, 4) is 0 Å². The van der Waals surface area contributed by atoms with Gasteiger partial charge >= 0.3 is 0 Å². The maximum Gasteiger partial charge on any atom is 0.0486 e. The molecule has 14 heavy (non-hydrogen) atoms. The second kappa shape index (κ2) is 3.70. The molecule has 0 aliphatic carbocycles. The van der Waals surface area contributed by atoms with Crippen LogP contribution in [0.25, 0.3) is 17.0 Å². The van der Waals surface area contributed by atoms with Crippen molar-refractivity contribution in [2.45, 2.75) is 20.4 Å². The van der Waals surface area contributed by atoms with Crippen LogP contribution in [0.1, 0.15) is 19.4 Å². The average molecular weight is 185 g/mol. The van der Waals surface area contributed by atoms with Gasteiger partial charge in [0.2, 0.25) is 0 Å². The molecule has 2 aromatic rings. The van der Waals surface area contributed by atoms with Crippen LogP contribution < -0.4 is 0 Å². The Balaban J connectivity index is 2.73. The van der Waals surface area contributed by atoms with Crippen molar-refractivity contribution in [3.05, 3.63) is 42.1 Å². The lowest BCUT2D eigenvalue weighted by molar-refractivity contribution is 0.797. The zero-order valence-electron chi connectivity index (χ0n) is 8.70. The quantitative estimate of drug-likeness (QED) is 0.672. The number of nitrogens with zero attached hydrogens (tertiary/aromatic N) is 1. The van der Waals surface area contributed by atoms with Crippen LogP contribution in [0.3, 0.4) is 0 Å². The molecule has 0 fully saturated rings. The summed E-state index contributed by atoms with van der Waals surface area (Å²) in [5, 5.41) is 1.34. The van der Waals surface area contributed by atoms with Crippen LogP contribution in [0, 0.1) is 0 Å². The Morgan fingerprint density at radius 2 is 2.07 bits per heavy atom. The van der Waals surface area contributed by atoms with Crippen molar-refractivity contribution in [2.24, 2.45) is 0 Å². The predicted octanol–water partition coefficient (Wildman–Crippen LogP) is 3.69. The number of para-hydroxylation sites is 1. The average Bonchev–Trinajstić information content (AvgIpc) is 2.58. The Kier molecular flexibility index (Phi) is 2.40. The first kappa shape index (κ1) is 9.07. The van der Waals surface area contributed by atoms with E-state index in [1.165, 1.54) is 16.5 Å². The van der Waals surface area contributed by atoms with Crippen molar-refractivity contribution in [1.82, 2.24) is 4.57 Å². The summed E-state index contributed by atoms with van der Waals surface area (Å²) in [5.41, 5.74) is 2.63. The number of aromatic nitrogens is 1. The molecule has 2 rings (SSSR count). The molecule has 1 aromatic heterocycles. The smallest absolute Gasteiger partial charge is 0.0486 e. The van der Waals surface area contributed by atoms with Crippen LogP contribution in [0.2, 0.25) is 0 Å². The van der Waals surface area contributed by atoms with Crippen LogP contribution in [0.5, 0.6) is 0 Å². The van der Waals surface area contributed by atoms with Crippen molar-refractivity contribution >= 4 is 17.0 Å². The van der Waals surface area contributed by atoms with E-state index in [1.807, 2.05) is 0 Å². The molecule has 0 aliphatic rings. The zero-order chi connectivity index (χ0) is 9.97. The topological polar surface area (TPSA) is 4.93 Å². The van der Waals surface area contributed by atoms with Gasteiger partial charge < -0.3 is 4.57 Å². The molecular formula is C13H15N. The molecule has 1 nitrogen and oxygen atoms in total. The molecule has 0 unspecified atom stereocenters. The molecule has 0 saturated carbocycles. The van der Waals surface area contributed by atoms with Gasteiger partial charge in [0.15, 0.2) is 0 Å². The Bertz CT molecular complexity index is 463. The van der Waals surface area contributed by atoms with E-state index in [4.69, 9.17) is 0 Å². The summed E-state index contributed by atoms with van der Waals surface area (Å²) >= 11 is 0. The third-order valence-electron chi connectivity index (χ3n) is 2.51. The van der Waals surface area contributed by atoms with E-state index >= 15 is 0 Å². The minimum Gasteiger partial charge on any atom is -0.347 e. The fraction of sp³-hybridized carbons (Fsp3) is 0.231. The lowest BCUT2D eigenvalue weighted by atomic mass is 10.2. The van der Waals surface area contributed by atoms with Crippen LogP contribution in [-0.2, 0) is 6.54 Å². The number of benzene rings is 1. The van der Waals surface area contributed by atoms with Gasteiger partial charge in [-0.25, -0.2) is 0 Å². The van der Waals surface area contributed by atoms with Crippen LogP contribution >= 0.6 is 0 Å². The molecule has 0 radical (unpaired) electrons. The summed E-state index contributed by atoms with van der Waals surface area (Å²) in [5.74, 6) is 0. The fourth-order valence-corrected chi connectivity index (χ4v) is 1.85. The van der Waals surface area contributed by atoms with Gasteiger partial charge in [-0.3, -0.25) is 0 Å². The minimum atomic E-state index is 1.03. The third-order valence-corrected chi connectivity index (χ3v) is 2.51. The highest BCUT2D eigenvalue weighted by atomic mass is 14.9. The van der Waals surface area contributed by atoms with E-state index in [1.54, 1.807) is 0 Å². The number of fused-ring (bicyclic) bond motifs is 1. The van der Waals surface area contributed by atoms with E-state index in [9.17, 15) is 0 Å². The van der Waals surface area contributed by atoms with Gasteiger partial charge in [-0.15, -0.1) is 0 Å². The van der Waals surface area contributed by atoms with E-state index in [0.717, 1.165) is 6.54 Å². The van der Waals surface area contributed by atoms with Gasteiger partial charge in [0, 0.05) is 23.6 Å². The van der Waals surface area contributed by atoms with E-state index < -0.39 is 0 Å². The summed E-state index contributed by atoms with van der Waals surface area (Å²) in [6.07, 6.45) is 6.46. The van der Waals surface area contributed by atoms with Crippen LogP contribution in [0.4, 0.5) is 0 Å². The Labute approximate surface area is 84.7 Å². The molecule has 1 heteroatoms. The SMILES string of the molecule is C/C=C\c1cn(CC)c2ccccc12. The van der Waals surface area contributed by atoms with Gasteiger partial charge in [0.25, 0.3) is 0 Å². The highest BCUT2D eigenvalue weighted by Gasteiger charge is 2.03. The lowest BCUT2D eigenvalue weighted by Gasteiger charge is -1.97. The number of allylic oxidation sites excluding steroid dienone is 1. The first-order valence-electron chi connectivity index (χ1n) is 5.07. The Morgan fingerprint density at radius 3 is 2.79 bits per heavy atom. The molecule has 0 aliphatic heterocycles. The molecule has 1 aromatic carbocycles. The van der Waals surface area contributed by atoms with E-state index in [2.05, 4.69) is 61.0 Å². The molecule has 1 heterocycles. The Morgan fingerprint density at radius 1 is 1.29 bits per heavy atom. The van der Waals surface area contributed by atoms with E-state index in [-0.39, 0.29) is 0 Å². The Hall–Kier alpha value is -1.50. The van der Waals surface area contributed by atoms with Crippen LogP contribution in [0.15, 0.2) is 36.5 Å². The van der Waals surface area contributed by atoms with Gasteiger partial charge in [-0.05, 0) is 25.5 Å². The number of aryl methyl sites for hydroxylation is 1. The largest absolute Gasteiger partial charge is 0.347 e. The molecule has 0 N–H and O–H groups in total. The first-order valence-corrected chi connectivity index (χ1v) is 5.07. The van der Waals surface area contributed by atoms with Crippen molar-refractivity contribution < 1.29 is 0 Å². The second-order valence-corrected chi connectivity index (χ2v) is 3.39. The van der Waals surface area contributed by atoms with Crippen molar-refractivity contribution in [3.63, 3.8) is 0 Å². The molecule has 0 amide bonds. The van der Waals surface area contributed by atoms with Gasteiger partial charge in [-0.2, -0.15) is 0 Å². The second-order valence-electron chi connectivity index (χ2n) is 3.39. The summed E-state index contributed by atoms with van der Waals surface area (Å²) in [6, 6.07) is 8.53. The number of hydrogen-bond donors (Lipinski definition) is 0. The molecule has 0 bridgehead atoms. The molecule has 0 saturated heterocycles.